The van der Waals surface area contributed by atoms with Crippen LogP contribution in [-0.2, 0) is 9.59 Å². The summed E-state index contributed by atoms with van der Waals surface area (Å²) in [6.45, 7) is 1.80. The van der Waals surface area contributed by atoms with Crippen LogP contribution in [0.3, 0.4) is 0 Å². The highest BCUT2D eigenvalue weighted by molar-refractivity contribution is 14.1. The van der Waals surface area contributed by atoms with Gasteiger partial charge >= 0.3 is 0 Å². The SMILES string of the molecule is O=C1C[C@@H](N2CCSCC2)C(=O)N1c1ccc(I)cc1. The molecule has 0 bridgehead atoms. The second-order valence-electron chi connectivity index (χ2n) is 4.91. The van der Waals surface area contributed by atoms with Gasteiger partial charge < -0.3 is 0 Å². The van der Waals surface area contributed by atoms with E-state index in [0.717, 1.165) is 28.2 Å². The predicted molar refractivity (Wildman–Crippen MR) is 89.0 cm³/mol. The van der Waals surface area contributed by atoms with Crippen LogP contribution in [0.2, 0.25) is 0 Å². The zero-order valence-corrected chi connectivity index (χ0v) is 13.9. The summed E-state index contributed by atoms with van der Waals surface area (Å²) < 4.78 is 1.09. The summed E-state index contributed by atoms with van der Waals surface area (Å²) in [4.78, 5) is 28.3. The summed E-state index contributed by atoms with van der Waals surface area (Å²) in [5.41, 5.74) is 0.689. The lowest BCUT2D eigenvalue weighted by Gasteiger charge is -2.30. The number of amides is 2. The largest absolute Gasteiger partial charge is 0.290 e. The van der Waals surface area contributed by atoms with E-state index >= 15 is 0 Å². The first kappa shape index (κ1) is 14.3. The molecular weight excluding hydrogens is 387 g/mol. The molecule has 0 radical (unpaired) electrons. The molecule has 106 valence electrons. The maximum Gasteiger partial charge on any atom is 0.251 e. The Labute approximate surface area is 136 Å². The van der Waals surface area contributed by atoms with Crippen LogP contribution >= 0.6 is 34.4 Å². The molecule has 2 amide bonds. The third kappa shape index (κ3) is 2.73. The van der Waals surface area contributed by atoms with E-state index in [4.69, 9.17) is 0 Å². The maximum atomic E-state index is 12.6. The molecule has 2 heterocycles. The number of rotatable bonds is 2. The van der Waals surface area contributed by atoms with Crippen molar-refractivity contribution < 1.29 is 9.59 Å². The average molecular weight is 402 g/mol. The summed E-state index contributed by atoms with van der Waals surface area (Å²) in [7, 11) is 0. The summed E-state index contributed by atoms with van der Waals surface area (Å²) in [5.74, 6) is 1.94. The molecule has 1 aromatic carbocycles. The van der Waals surface area contributed by atoms with Gasteiger partial charge in [-0.3, -0.25) is 14.5 Å². The van der Waals surface area contributed by atoms with Crippen LogP contribution < -0.4 is 4.90 Å². The predicted octanol–water partition coefficient (Wildman–Crippen LogP) is 1.97. The van der Waals surface area contributed by atoms with Crippen molar-refractivity contribution in [1.82, 2.24) is 4.90 Å². The molecule has 1 aromatic rings. The average Bonchev–Trinajstić information content (AvgIpc) is 2.76. The molecule has 4 nitrogen and oxygen atoms in total. The van der Waals surface area contributed by atoms with Crippen molar-refractivity contribution >= 4 is 51.9 Å². The smallest absolute Gasteiger partial charge is 0.251 e. The number of hydrogen-bond donors (Lipinski definition) is 0. The fraction of sp³-hybridized carbons (Fsp3) is 0.429. The van der Waals surface area contributed by atoms with Gasteiger partial charge in [0.1, 0.15) is 0 Å². The highest BCUT2D eigenvalue weighted by Gasteiger charge is 2.42. The van der Waals surface area contributed by atoms with E-state index in [1.165, 1.54) is 4.90 Å². The van der Waals surface area contributed by atoms with Crippen molar-refractivity contribution in [2.75, 3.05) is 29.5 Å². The Hall–Kier alpha value is -0.600. The van der Waals surface area contributed by atoms with Crippen LogP contribution in [0.1, 0.15) is 6.42 Å². The van der Waals surface area contributed by atoms with Crippen molar-refractivity contribution in [3.05, 3.63) is 27.8 Å². The minimum Gasteiger partial charge on any atom is -0.290 e. The number of imide groups is 1. The van der Waals surface area contributed by atoms with E-state index in [0.29, 0.717) is 12.1 Å². The number of carbonyl (C=O) groups is 2. The molecule has 2 aliphatic rings. The fourth-order valence-electron chi connectivity index (χ4n) is 2.65. The number of hydrogen-bond acceptors (Lipinski definition) is 4. The Morgan fingerprint density at radius 3 is 2.40 bits per heavy atom. The first-order chi connectivity index (χ1) is 9.66. The summed E-state index contributed by atoms with van der Waals surface area (Å²) in [5, 5.41) is 0. The highest BCUT2D eigenvalue weighted by Crippen LogP contribution is 2.27. The second kappa shape index (κ2) is 6.03. The number of benzene rings is 1. The summed E-state index contributed by atoms with van der Waals surface area (Å²) in [6.07, 6.45) is 0.315. The van der Waals surface area contributed by atoms with Crippen molar-refractivity contribution in [1.29, 1.82) is 0 Å². The molecule has 1 atom stereocenters. The molecule has 0 unspecified atom stereocenters. The molecule has 2 fully saturated rings. The van der Waals surface area contributed by atoms with Crippen molar-refractivity contribution in [3.8, 4) is 0 Å². The van der Waals surface area contributed by atoms with Gasteiger partial charge in [-0.15, -0.1) is 0 Å². The lowest BCUT2D eigenvalue weighted by molar-refractivity contribution is -0.122. The molecule has 0 aromatic heterocycles. The fourth-order valence-corrected chi connectivity index (χ4v) is 3.94. The van der Waals surface area contributed by atoms with Gasteiger partial charge in [0.15, 0.2) is 0 Å². The third-order valence-electron chi connectivity index (χ3n) is 3.69. The van der Waals surface area contributed by atoms with Crippen molar-refractivity contribution in [2.24, 2.45) is 0 Å². The molecule has 0 spiro atoms. The first-order valence-corrected chi connectivity index (χ1v) is 8.84. The Morgan fingerprint density at radius 1 is 1.10 bits per heavy atom. The molecule has 0 aliphatic carbocycles. The molecule has 2 saturated heterocycles. The van der Waals surface area contributed by atoms with Gasteiger partial charge in [0, 0.05) is 28.2 Å². The minimum atomic E-state index is -0.261. The lowest BCUT2D eigenvalue weighted by atomic mass is 10.2. The summed E-state index contributed by atoms with van der Waals surface area (Å²) in [6, 6.07) is 7.25. The molecule has 6 heteroatoms. The molecular formula is C14H15IN2O2S. The quantitative estimate of drug-likeness (QED) is 0.561. The van der Waals surface area contributed by atoms with Gasteiger partial charge in [0.05, 0.1) is 18.2 Å². The first-order valence-electron chi connectivity index (χ1n) is 6.61. The van der Waals surface area contributed by atoms with E-state index in [1.54, 1.807) is 0 Å². The normalized spacial score (nSPS) is 24.4. The van der Waals surface area contributed by atoms with Crippen LogP contribution in [0.25, 0.3) is 0 Å². The third-order valence-corrected chi connectivity index (χ3v) is 5.36. The number of anilines is 1. The van der Waals surface area contributed by atoms with Gasteiger partial charge in [-0.2, -0.15) is 11.8 Å². The van der Waals surface area contributed by atoms with Gasteiger partial charge in [-0.25, -0.2) is 4.90 Å². The highest BCUT2D eigenvalue weighted by atomic mass is 127. The van der Waals surface area contributed by atoms with Gasteiger partial charge in [0.2, 0.25) is 5.91 Å². The van der Waals surface area contributed by atoms with Gasteiger partial charge in [-0.05, 0) is 46.9 Å². The Morgan fingerprint density at radius 2 is 1.75 bits per heavy atom. The minimum absolute atomic E-state index is 0.0666. The summed E-state index contributed by atoms with van der Waals surface area (Å²) >= 11 is 4.12. The Balaban J connectivity index is 1.81. The van der Waals surface area contributed by atoms with E-state index in [1.807, 2.05) is 36.0 Å². The van der Waals surface area contributed by atoms with Crippen LogP contribution in [0.15, 0.2) is 24.3 Å². The van der Waals surface area contributed by atoms with Crippen LogP contribution in [0.5, 0.6) is 0 Å². The van der Waals surface area contributed by atoms with E-state index in [-0.39, 0.29) is 17.9 Å². The van der Waals surface area contributed by atoms with Crippen LogP contribution in [0.4, 0.5) is 5.69 Å². The Bertz CT molecular complexity index is 528. The molecule has 2 aliphatic heterocycles. The molecule has 20 heavy (non-hydrogen) atoms. The monoisotopic (exact) mass is 402 g/mol. The van der Waals surface area contributed by atoms with E-state index in [2.05, 4.69) is 27.5 Å². The lowest BCUT2D eigenvalue weighted by Crippen LogP contribution is -2.45. The zero-order valence-electron chi connectivity index (χ0n) is 10.9. The van der Waals surface area contributed by atoms with Crippen molar-refractivity contribution in [3.63, 3.8) is 0 Å². The number of halogens is 1. The number of nitrogens with zero attached hydrogens (tertiary/aromatic N) is 2. The molecule has 0 N–H and O–H groups in total. The second-order valence-corrected chi connectivity index (χ2v) is 7.38. The topological polar surface area (TPSA) is 40.6 Å². The van der Waals surface area contributed by atoms with Gasteiger partial charge in [-0.1, -0.05) is 0 Å². The number of carbonyl (C=O) groups excluding carboxylic acids is 2. The zero-order chi connectivity index (χ0) is 14.1. The van der Waals surface area contributed by atoms with E-state index < -0.39 is 0 Å². The standard InChI is InChI=1S/C14H15IN2O2S/c15-10-1-3-11(4-2-10)17-13(18)9-12(14(17)19)16-5-7-20-8-6-16/h1-4,12H,5-9H2/t12-/m1/s1. The molecule has 0 saturated carbocycles. The maximum absolute atomic E-state index is 12.6. The number of thioether (sulfide) groups is 1. The van der Waals surface area contributed by atoms with Crippen LogP contribution in [-0.4, -0.2) is 47.4 Å². The van der Waals surface area contributed by atoms with Crippen molar-refractivity contribution in [2.45, 2.75) is 12.5 Å². The van der Waals surface area contributed by atoms with E-state index in [9.17, 15) is 9.59 Å². The van der Waals surface area contributed by atoms with Crippen LogP contribution in [0, 0.1) is 3.57 Å². The molecule has 3 rings (SSSR count). The Kier molecular flexibility index (Phi) is 4.32. The van der Waals surface area contributed by atoms with Gasteiger partial charge in [0.25, 0.3) is 5.91 Å².